The van der Waals surface area contributed by atoms with Gasteiger partial charge in [0.25, 0.3) is 0 Å². The van der Waals surface area contributed by atoms with Gasteiger partial charge >= 0.3 is 0 Å². The van der Waals surface area contributed by atoms with Crippen molar-refractivity contribution in [1.82, 2.24) is 0 Å². The van der Waals surface area contributed by atoms with E-state index in [0.29, 0.717) is 11.5 Å². The highest BCUT2D eigenvalue weighted by atomic mass is 32.1. The Bertz CT molecular complexity index is 700. The molecule has 0 saturated heterocycles. The third-order valence-corrected chi connectivity index (χ3v) is 4.87. The third kappa shape index (κ3) is 2.76. The molecule has 0 unspecified atom stereocenters. The second kappa shape index (κ2) is 6.15. The van der Waals surface area contributed by atoms with Crippen LogP contribution in [0, 0.1) is 0 Å². The van der Waals surface area contributed by atoms with E-state index < -0.39 is 0 Å². The number of benzene rings is 2. The van der Waals surface area contributed by atoms with Crippen LogP contribution in [0.15, 0.2) is 36.4 Å². The average molecular weight is 328 g/mol. The summed E-state index contributed by atoms with van der Waals surface area (Å²) in [5, 5.41) is 18.8. The standard InChI is InChI=1S/2C9H8OS/c2*10-7-3-1-2-6-4-5-8(11)9(6)7/h2*1-3,10H,4-5H2. The van der Waals surface area contributed by atoms with Crippen molar-refractivity contribution in [3.05, 3.63) is 58.7 Å². The van der Waals surface area contributed by atoms with Crippen LogP contribution in [0.3, 0.4) is 0 Å². The lowest BCUT2D eigenvalue weighted by molar-refractivity contribution is 0.473. The first-order valence-electron chi connectivity index (χ1n) is 7.26. The first kappa shape index (κ1) is 15.1. The van der Waals surface area contributed by atoms with Crippen molar-refractivity contribution in [2.45, 2.75) is 25.7 Å². The largest absolute Gasteiger partial charge is 0.507 e. The van der Waals surface area contributed by atoms with Crippen molar-refractivity contribution >= 4 is 34.2 Å². The van der Waals surface area contributed by atoms with Crippen molar-refractivity contribution in [3.8, 4) is 11.5 Å². The first-order valence-corrected chi connectivity index (χ1v) is 8.07. The van der Waals surface area contributed by atoms with Gasteiger partial charge in [0.05, 0.1) is 0 Å². The van der Waals surface area contributed by atoms with Gasteiger partial charge in [0.1, 0.15) is 11.5 Å². The van der Waals surface area contributed by atoms with Crippen molar-refractivity contribution in [3.63, 3.8) is 0 Å². The predicted molar refractivity (Wildman–Crippen MR) is 96.3 cm³/mol. The van der Waals surface area contributed by atoms with Crippen LogP contribution < -0.4 is 0 Å². The number of aryl methyl sites for hydroxylation is 2. The molecule has 0 bridgehead atoms. The molecule has 0 saturated carbocycles. The maximum absolute atomic E-state index is 9.41. The van der Waals surface area contributed by atoms with Crippen molar-refractivity contribution < 1.29 is 10.2 Å². The maximum Gasteiger partial charge on any atom is 0.124 e. The minimum absolute atomic E-state index is 0.338. The van der Waals surface area contributed by atoms with Gasteiger partial charge in [-0.2, -0.15) is 0 Å². The number of phenols is 2. The van der Waals surface area contributed by atoms with Crippen molar-refractivity contribution in [1.29, 1.82) is 0 Å². The molecule has 2 aromatic rings. The second-order valence-corrected chi connectivity index (χ2v) is 6.45. The summed E-state index contributed by atoms with van der Waals surface area (Å²) < 4.78 is 0. The highest BCUT2D eigenvalue weighted by Crippen LogP contribution is 2.30. The molecule has 0 aromatic heterocycles. The zero-order valence-electron chi connectivity index (χ0n) is 12.0. The lowest BCUT2D eigenvalue weighted by Crippen LogP contribution is -1.89. The van der Waals surface area contributed by atoms with Gasteiger partial charge in [-0.05, 0) is 48.9 Å². The maximum atomic E-state index is 9.41. The van der Waals surface area contributed by atoms with Crippen LogP contribution in [-0.4, -0.2) is 19.9 Å². The molecule has 4 rings (SSSR count). The zero-order valence-corrected chi connectivity index (χ0v) is 13.6. The number of hydrogen-bond acceptors (Lipinski definition) is 4. The van der Waals surface area contributed by atoms with E-state index in [1.807, 2.05) is 24.3 Å². The van der Waals surface area contributed by atoms with E-state index in [1.54, 1.807) is 12.1 Å². The zero-order chi connectivity index (χ0) is 15.7. The minimum atomic E-state index is 0.338. The number of hydrogen-bond donors (Lipinski definition) is 2. The number of fused-ring (bicyclic) bond motifs is 2. The quantitative estimate of drug-likeness (QED) is 0.714. The van der Waals surface area contributed by atoms with Gasteiger partial charge in [0, 0.05) is 20.9 Å². The van der Waals surface area contributed by atoms with Gasteiger partial charge in [0.15, 0.2) is 0 Å². The average Bonchev–Trinajstić information content (AvgIpc) is 3.06. The molecule has 0 atom stereocenters. The number of aromatic hydroxyl groups is 2. The fraction of sp³-hybridized carbons (Fsp3) is 0.222. The number of thiocarbonyl (C=S) groups is 2. The lowest BCUT2D eigenvalue weighted by atomic mass is 10.1. The molecule has 0 heterocycles. The SMILES string of the molecule is Oc1cccc2c1C(=S)CC2.Oc1cccc2c1C(=S)CC2. The molecule has 0 radical (unpaired) electrons. The Morgan fingerprint density at radius 2 is 1.05 bits per heavy atom. The fourth-order valence-corrected chi connectivity index (χ4v) is 3.66. The predicted octanol–water partition coefficient (Wildman–Crippen LogP) is 4.11. The topological polar surface area (TPSA) is 40.5 Å². The van der Waals surface area contributed by atoms with Gasteiger partial charge in [-0.25, -0.2) is 0 Å². The molecule has 0 aliphatic heterocycles. The normalized spacial score (nSPS) is 15.1. The smallest absolute Gasteiger partial charge is 0.124 e. The van der Waals surface area contributed by atoms with Crippen LogP contribution in [0.5, 0.6) is 11.5 Å². The fourth-order valence-electron chi connectivity index (χ4n) is 2.98. The van der Waals surface area contributed by atoms with E-state index in [0.717, 1.165) is 46.5 Å². The Balaban J connectivity index is 0.000000131. The lowest BCUT2D eigenvalue weighted by Gasteiger charge is -1.99. The number of phenolic OH excluding ortho intramolecular Hbond substituents is 2. The Morgan fingerprint density at radius 1 is 0.636 bits per heavy atom. The summed E-state index contributed by atoms with van der Waals surface area (Å²) in [4.78, 5) is 1.80. The molecule has 2 aromatic carbocycles. The molecular formula is C18H16O2S2. The molecule has 0 fully saturated rings. The van der Waals surface area contributed by atoms with Gasteiger partial charge in [-0.15, -0.1) is 0 Å². The van der Waals surface area contributed by atoms with Crippen LogP contribution in [0.4, 0.5) is 0 Å². The summed E-state index contributed by atoms with van der Waals surface area (Å²) in [6, 6.07) is 11.2. The van der Waals surface area contributed by atoms with E-state index in [-0.39, 0.29) is 0 Å². The van der Waals surface area contributed by atoms with Gasteiger partial charge in [0.2, 0.25) is 0 Å². The molecule has 2 aliphatic carbocycles. The Morgan fingerprint density at radius 3 is 1.41 bits per heavy atom. The molecule has 4 heteroatoms. The van der Waals surface area contributed by atoms with Crippen LogP contribution >= 0.6 is 24.4 Å². The summed E-state index contributed by atoms with van der Waals surface area (Å²) in [7, 11) is 0. The number of rotatable bonds is 0. The van der Waals surface area contributed by atoms with Gasteiger partial charge in [-0.1, -0.05) is 48.7 Å². The highest BCUT2D eigenvalue weighted by Gasteiger charge is 2.19. The minimum Gasteiger partial charge on any atom is -0.507 e. The summed E-state index contributed by atoms with van der Waals surface area (Å²) in [5.41, 5.74) is 4.19. The van der Waals surface area contributed by atoms with E-state index in [4.69, 9.17) is 24.4 Å². The van der Waals surface area contributed by atoms with Crippen LogP contribution in [0.2, 0.25) is 0 Å². The Labute approximate surface area is 140 Å². The molecule has 2 nitrogen and oxygen atoms in total. The van der Waals surface area contributed by atoms with Crippen LogP contribution in [0.1, 0.15) is 35.1 Å². The van der Waals surface area contributed by atoms with Gasteiger partial charge < -0.3 is 10.2 Å². The summed E-state index contributed by atoms with van der Waals surface area (Å²) in [5.74, 6) is 0.676. The van der Waals surface area contributed by atoms with Gasteiger partial charge in [-0.3, -0.25) is 0 Å². The van der Waals surface area contributed by atoms with E-state index >= 15 is 0 Å². The van der Waals surface area contributed by atoms with Crippen molar-refractivity contribution in [2.75, 3.05) is 0 Å². The van der Waals surface area contributed by atoms with Crippen LogP contribution in [-0.2, 0) is 12.8 Å². The molecule has 0 spiro atoms. The summed E-state index contributed by atoms with van der Waals surface area (Å²) in [6.07, 6.45) is 3.82. The molecular weight excluding hydrogens is 312 g/mol. The molecule has 2 aliphatic rings. The molecule has 22 heavy (non-hydrogen) atoms. The monoisotopic (exact) mass is 328 g/mol. The van der Waals surface area contributed by atoms with E-state index in [9.17, 15) is 10.2 Å². The van der Waals surface area contributed by atoms with E-state index in [1.165, 1.54) is 11.1 Å². The van der Waals surface area contributed by atoms with Crippen LogP contribution in [0.25, 0.3) is 0 Å². The first-order chi connectivity index (χ1) is 10.6. The Hall–Kier alpha value is -1.78. The molecule has 0 amide bonds. The second-order valence-electron chi connectivity index (χ2n) is 5.47. The summed E-state index contributed by atoms with van der Waals surface area (Å²) in [6.45, 7) is 0. The Kier molecular flexibility index (Phi) is 4.23. The van der Waals surface area contributed by atoms with E-state index in [2.05, 4.69) is 0 Å². The molecule has 112 valence electrons. The molecule has 2 N–H and O–H groups in total. The summed E-state index contributed by atoms with van der Waals surface area (Å²) >= 11 is 10.2. The third-order valence-electron chi connectivity index (χ3n) is 4.06. The van der Waals surface area contributed by atoms with Crippen molar-refractivity contribution in [2.24, 2.45) is 0 Å². The highest BCUT2D eigenvalue weighted by molar-refractivity contribution is 7.81.